The fourth-order valence-electron chi connectivity index (χ4n) is 3.01. The lowest BCUT2D eigenvalue weighted by Gasteiger charge is -2.19. The van der Waals surface area contributed by atoms with Crippen molar-refractivity contribution in [3.63, 3.8) is 0 Å². The van der Waals surface area contributed by atoms with E-state index in [9.17, 15) is 0 Å². The van der Waals surface area contributed by atoms with Crippen LogP contribution in [0.5, 0.6) is 5.75 Å². The summed E-state index contributed by atoms with van der Waals surface area (Å²) in [6, 6.07) is 15.2. The zero-order valence-corrected chi connectivity index (χ0v) is 12.1. The Balaban J connectivity index is 1.80. The van der Waals surface area contributed by atoms with Crippen LogP contribution in [-0.2, 0) is 12.8 Å². The van der Waals surface area contributed by atoms with Crippen molar-refractivity contribution in [2.75, 3.05) is 12.4 Å². The molecule has 0 radical (unpaired) electrons. The Bertz CT molecular complexity index is 606. The lowest BCUT2D eigenvalue weighted by molar-refractivity contribution is 0.408. The van der Waals surface area contributed by atoms with Gasteiger partial charge in [0.15, 0.2) is 0 Å². The van der Waals surface area contributed by atoms with E-state index < -0.39 is 0 Å². The molecule has 0 aliphatic heterocycles. The Labute approximate surface area is 120 Å². The lowest BCUT2D eigenvalue weighted by atomic mass is 10.1. The maximum Gasteiger partial charge on any atom is 0.124 e. The first-order valence-corrected chi connectivity index (χ1v) is 7.29. The highest BCUT2D eigenvalue weighted by atomic mass is 16.5. The van der Waals surface area contributed by atoms with Gasteiger partial charge in [-0.05, 0) is 55.5 Å². The highest BCUT2D eigenvalue weighted by Crippen LogP contribution is 2.30. The van der Waals surface area contributed by atoms with Crippen molar-refractivity contribution < 1.29 is 4.74 Å². The van der Waals surface area contributed by atoms with Crippen molar-refractivity contribution in [3.05, 3.63) is 59.2 Å². The molecule has 2 aromatic carbocycles. The number of anilines is 1. The molecule has 1 unspecified atom stereocenters. The van der Waals surface area contributed by atoms with Crippen LogP contribution in [0.4, 0.5) is 5.69 Å². The minimum atomic E-state index is 0.227. The molecule has 2 aromatic rings. The van der Waals surface area contributed by atoms with Crippen molar-refractivity contribution in [2.24, 2.45) is 0 Å². The number of methoxy groups -OCH3 is 1. The number of aryl methyl sites for hydroxylation is 2. The quantitative estimate of drug-likeness (QED) is 0.888. The van der Waals surface area contributed by atoms with Crippen LogP contribution in [0.2, 0.25) is 0 Å². The predicted octanol–water partition coefficient (Wildman–Crippen LogP) is 4.36. The van der Waals surface area contributed by atoms with Crippen molar-refractivity contribution in [1.82, 2.24) is 0 Å². The molecule has 1 N–H and O–H groups in total. The normalized spacial score (nSPS) is 14.7. The van der Waals surface area contributed by atoms with E-state index >= 15 is 0 Å². The molecular formula is C18H21NO. The monoisotopic (exact) mass is 267 g/mol. The third-order valence-electron chi connectivity index (χ3n) is 4.09. The van der Waals surface area contributed by atoms with Crippen molar-refractivity contribution in [1.29, 1.82) is 0 Å². The van der Waals surface area contributed by atoms with Crippen molar-refractivity contribution in [2.45, 2.75) is 32.2 Å². The number of hydrogen-bond donors (Lipinski definition) is 1. The molecule has 0 aromatic heterocycles. The zero-order chi connectivity index (χ0) is 13.9. The molecule has 1 atom stereocenters. The van der Waals surface area contributed by atoms with Crippen molar-refractivity contribution in [3.8, 4) is 5.75 Å². The van der Waals surface area contributed by atoms with Gasteiger partial charge in [0, 0.05) is 11.3 Å². The largest absolute Gasteiger partial charge is 0.496 e. The van der Waals surface area contributed by atoms with Crippen LogP contribution in [-0.4, -0.2) is 7.11 Å². The van der Waals surface area contributed by atoms with Crippen LogP contribution in [0, 0.1) is 0 Å². The Morgan fingerprint density at radius 1 is 1.05 bits per heavy atom. The van der Waals surface area contributed by atoms with Gasteiger partial charge in [0.25, 0.3) is 0 Å². The standard InChI is InChI=1S/C18H21NO/c1-13(17-8-3-4-9-18(17)20-2)19-16-11-10-14-6-5-7-15(14)12-16/h3-4,8-13,19H,5-7H2,1-2H3. The maximum atomic E-state index is 5.44. The third kappa shape index (κ3) is 2.51. The number of ether oxygens (including phenoxy) is 1. The summed E-state index contributed by atoms with van der Waals surface area (Å²) < 4.78 is 5.44. The zero-order valence-electron chi connectivity index (χ0n) is 12.1. The maximum absolute atomic E-state index is 5.44. The molecule has 1 aliphatic carbocycles. The van der Waals surface area contributed by atoms with E-state index in [1.54, 1.807) is 7.11 Å². The van der Waals surface area contributed by atoms with Gasteiger partial charge in [-0.2, -0.15) is 0 Å². The van der Waals surface area contributed by atoms with Gasteiger partial charge in [0.2, 0.25) is 0 Å². The summed E-state index contributed by atoms with van der Waals surface area (Å²) in [6.07, 6.45) is 3.74. The van der Waals surface area contributed by atoms with Gasteiger partial charge in [0.05, 0.1) is 13.2 Å². The second-order valence-corrected chi connectivity index (χ2v) is 5.45. The predicted molar refractivity (Wildman–Crippen MR) is 83.5 cm³/mol. The molecule has 1 aliphatic rings. The van der Waals surface area contributed by atoms with E-state index in [-0.39, 0.29) is 6.04 Å². The summed E-state index contributed by atoms with van der Waals surface area (Å²) in [6.45, 7) is 2.17. The molecule has 0 fully saturated rings. The molecule has 2 heteroatoms. The van der Waals surface area contributed by atoms with E-state index in [1.807, 2.05) is 12.1 Å². The topological polar surface area (TPSA) is 21.3 Å². The van der Waals surface area contributed by atoms with Gasteiger partial charge in [-0.3, -0.25) is 0 Å². The summed E-state index contributed by atoms with van der Waals surface area (Å²) in [5, 5.41) is 3.58. The molecule has 3 rings (SSSR count). The van der Waals surface area contributed by atoms with Gasteiger partial charge >= 0.3 is 0 Å². The Morgan fingerprint density at radius 3 is 2.70 bits per heavy atom. The van der Waals surface area contributed by atoms with Gasteiger partial charge in [-0.15, -0.1) is 0 Å². The van der Waals surface area contributed by atoms with E-state index in [4.69, 9.17) is 4.74 Å². The number of para-hydroxylation sites is 1. The van der Waals surface area contributed by atoms with E-state index in [0.29, 0.717) is 0 Å². The summed E-state index contributed by atoms with van der Waals surface area (Å²) in [4.78, 5) is 0. The van der Waals surface area contributed by atoms with Gasteiger partial charge < -0.3 is 10.1 Å². The first kappa shape index (κ1) is 13.0. The van der Waals surface area contributed by atoms with Crippen LogP contribution < -0.4 is 10.1 Å². The van der Waals surface area contributed by atoms with Gasteiger partial charge in [0.1, 0.15) is 5.75 Å². The Morgan fingerprint density at radius 2 is 1.85 bits per heavy atom. The molecule has 0 bridgehead atoms. The van der Waals surface area contributed by atoms with Crippen molar-refractivity contribution >= 4 is 5.69 Å². The second-order valence-electron chi connectivity index (χ2n) is 5.45. The highest BCUT2D eigenvalue weighted by Gasteiger charge is 2.13. The third-order valence-corrected chi connectivity index (χ3v) is 4.09. The average molecular weight is 267 g/mol. The molecule has 0 saturated heterocycles. The number of rotatable bonds is 4. The van der Waals surface area contributed by atoms with Crippen LogP contribution >= 0.6 is 0 Å². The van der Waals surface area contributed by atoms with E-state index in [2.05, 4.69) is 42.6 Å². The highest BCUT2D eigenvalue weighted by molar-refractivity contribution is 5.52. The number of fused-ring (bicyclic) bond motifs is 1. The molecule has 0 amide bonds. The van der Waals surface area contributed by atoms with Gasteiger partial charge in [-0.25, -0.2) is 0 Å². The molecule has 0 heterocycles. The summed E-state index contributed by atoms with van der Waals surface area (Å²) in [5.41, 5.74) is 5.40. The number of benzene rings is 2. The number of nitrogens with one attached hydrogen (secondary N) is 1. The SMILES string of the molecule is COc1ccccc1C(C)Nc1ccc2c(c1)CCC2. The lowest BCUT2D eigenvalue weighted by Crippen LogP contribution is -2.08. The fraction of sp³-hybridized carbons (Fsp3) is 0.333. The van der Waals surface area contributed by atoms with Crippen LogP contribution in [0.15, 0.2) is 42.5 Å². The average Bonchev–Trinajstić information content (AvgIpc) is 2.94. The molecule has 0 spiro atoms. The summed E-state index contributed by atoms with van der Waals surface area (Å²) in [7, 11) is 1.72. The molecular weight excluding hydrogens is 246 g/mol. The molecule has 0 saturated carbocycles. The smallest absolute Gasteiger partial charge is 0.124 e. The van der Waals surface area contributed by atoms with Crippen LogP contribution in [0.1, 0.15) is 36.1 Å². The summed E-state index contributed by atoms with van der Waals surface area (Å²) >= 11 is 0. The molecule has 20 heavy (non-hydrogen) atoms. The van der Waals surface area contributed by atoms with Crippen LogP contribution in [0.3, 0.4) is 0 Å². The molecule has 2 nitrogen and oxygen atoms in total. The minimum Gasteiger partial charge on any atom is -0.496 e. The second kappa shape index (κ2) is 5.58. The Kier molecular flexibility index (Phi) is 3.64. The van der Waals surface area contributed by atoms with E-state index in [1.165, 1.54) is 41.6 Å². The minimum absolute atomic E-state index is 0.227. The Hall–Kier alpha value is -1.96. The first-order valence-electron chi connectivity index (χ1n) is 7.29. The fourth-order valence-corrected chi connectivity index (χ4v) is 3.01. The first-order chi connectivity index (χ1) is 9.78. The van der Waals surface area contributed by atoms with Crippen LogP contribution in [0.25, 0.3) is 0 Å². The van der Waals surface area contributed by atoms with E-state index in [0.717, 1.165) is 5.75 Å². The molecule has 104 valence electrons. The summed E-state index contributed by atoms with van der Waals surface area (Å²) in [5.74, 6) is 0.939. The van der Waals surface area contributed by atoms with Gasteiger partial charge in [-0.1, -0.05) is 24.3 Å². The number of hydrogen-bond acceptors (Lipinski definition) is 2.